The number of thiophene rings is 6. The van der Waals surface area contributed by atoms with Crippen LogP contribution in [-0.2, 0) is 28.4 Å². The highest BCUT2D eigenvalue weighted by molar-refractivity contribution is 7.32. The van der Waals surface area contributed by atoms with E-state index in [1.165, 1.54) is 123 Å². The van der Waals surface area contributed by atoms with Gasteiger partial charge in [-0.05, 0) is 91.2 Å². The van der Waals surface area contributed by atoms with Crippen LogP contribution in [-0.4, -0.2) is 19.5 Å². The van der Waals surface area contributed by atoms with E-state index in [-0.39, 0.29) is 22.4 Å². The maximum Gasteiger partial charge on any atom is 0.175 e. The summed E-state index contributed by atoms with van der Waals surface area (Å²) in [5.74, 6) is 1.06. The first-order valence-corrected chi connectivity index (χ1v) is 30.6. The average molecular weight is 1020 g/mol. The summed E-state index contributed by atoms with van der Waals surface area (Å²) < 4.78 is 25.9. The lowest BCUT2D eigenvalue weighted by molar-refractivity contribution is 0.0979. The summed E-state index contributed by atoms with van der Waals surface area (Å²) in [6.45, 7) is 23.8. The lowest BCUT2D eigenvalue weighted by Gasteiger charge is -2.21. The second-order valence-corrected chi connectivity index (χ2v) is 27.3. The van der Waals surface area contributed by atoms with E-state index in [1.807, 2.05) is 45.3 Å². The van der Waals surface area contributed by atoms with Crippen molar-refractivity contribution < 1.29 is 13.9 Å². The summed E-state index contributed by atoms with van der Waals surface area (Å²) in [5.41, 5.74) is 2.47. The van der Waals surface area contributed by atoms with Crippen LogP contribution in [0.3, 0.4) is 0 Å². The van der Waals surface area contributed by atoms with E-state index in [9.17, 15) is 4.79 Å². The van der Waals surface area contributed by atoms with Crippen LogP contribution in [0.15, 0.2) is 36.4 Å². The number of halogens is 1. The molecule has 9 heteroatoms. The molecule has 7 aromatic rings. The van der Waals surface area contributed by atoms with Gasteiger partial charge in [-0.25, -0.2) is 4.39 Å². The van der Waals surface area contributed by atoms with Crippen molar-refractivity contribution in [3.05, 3.63) is 66.6 Å². The first kappa shape index (κ1) is 52.6. The van der Waals surface area contributed by atoms with Crippen molar-refractivity contribution in [2.45, 2.75) is 189 Å². The van der Waals surface area contributed by atoms with Crippen molar-refractivity contribution >= 4 is 104 Å². The zero-order valence-corrected chi connectivity index (χ0v) is 47.4. The van der Waals surface area contributed by atoms with Gasteiger partial charge in [-0.3, -0.25) is 4.79 Å². The number of ketones is 1. The van der Waals surface area contributed by atoms with Crippen molar-refractivity contribution in [3.8, 4) is 30.6 Å². The molecule has 0 aliphatic carbocycles. The van der Waals surface area contributed by atoms with Crippen LogP contribution in [0.5, 0.6) is 0 Å². The molecule has 2 unspecified atom stereocenters. The minimum Gasteiger partial charge on any atom is -0.385 e. The van der Waals surface area contributed by atoms with E-state index in [1.54, 1.807) is 18.4 Å². The van der Waals surface area contributed by atoms with Gasteiger partial charge in [-0.2, -0.15) is 0 Å². The lowest BCUT2D eigenvalue weighted by Crippen LogP contribution is -2.14. The van der Waals surface area contributed by atoms with Gasteiger partial charge in [-0.15, -0.1) is 68.0 Å². The third-order valence-corrected chi connectivity index (χ3v) is 22.4. The van der Waals surface area contributed by atoms with E-state index < -0.39 is 0 Å². The molecule has 2 nitrogen and oxygen atoms in total. The quantitative estimate of drug-likeness (QED) is 0.0399. The highest BCUT2D eigenvalue weighted by Gasteiger charge is 2.33. The normalized spacial score (nSPS) is 13.6. The van der Waals surface area contributed by atoms with E-state index >= 15 is 4.39 Å². The molecule has 0 N–H and O–H groups in total. The van der Waals surface area contributed by atoms with Gasteiger partial charge in [0, 0.05) is 91.0 Å². The van der Waals surface area contributed by atoms with Crippen LogP contribution < -0.4 is 0 Å². The van der Waals surface area contributed by atoms with Crippen molar-refractivity contribution in [1.29, 1.82) is 0 Å². The largest absolute Gasteiger partial charge is 0.385 e. The molecular formula is C58H77FO2S6. The molecule has 7 rings (SSSR count). The summed E-state index contributed by atoms with van der Waals surface area (Å²) in [6, 6.07) is 14.6. The minimum atomic E-state index is -0.298. The summed E-state index contributed by atoms with van der Waals surface area (Å²) in [4.78, 5) is 24.7. The molecular weight excluding hydrogens is 940 g/mol. The van der Waals surface area contributed by atoms with E-state index in [2.05, 4.69) is 106 Å². The van der Waals surface area contributed by atoms with Crippen molar-refractivity contribution in [2.75, 3.05) is 13.7 Å². The number of methoxy groups -OCH3 is 1. The van der Waals surface area contributed by atoms with Gasteiger partial charge >= 0.3 is 0 Å². The SMILES string of the molecule is CCCCC(CC)Cc1ccc(-c2c3cc(C(C)(C)C)sc3c(-c3ccc(CC(CC)CCCC)s3)c3cc(-c4sc(C(C)(C)CC)c5c(F)c(C(=O)CCCCCCCOC)sc45)sc23)s1. The number of hydrogen-bond donors (Lipinski definition) is 0. The van der Waals surface area contributed by atoms with E-state index in [0.29, 0.717) is 28.5 Å². The molecule has 6 heterocycles. The molecule has 0 aliphatic heterocycles. The summed E-state index contributed by atoms with van der Waals surface area (Å²) in [7, 11) is 1.74. The number of Topliss-reactive ketones (excluding diaryl/α,β-unsaturated/α-hetero) is 1. The fourth-order valence-corrected chi connectivity index (χ4v) is 17.6. The molecule has 0 saturated heterocycles. The van der Waals surface area contributed by atoms with E-state index in [4.69, 9.17) is 4.74 Å². The lowest BCUT2D eigenvalue weighted by atomic mass is 9.87. The predicted molar refractivity (Wildman–Crippen MR) is 302 cm³/mol. The number of unbranched alkanes of at least 4 members (excludes halogenated alkanes) is 6. The molecule has 2 atom stereocenters. The summed E-state index contributed by atoms with van der Waals surface area (Å²) in [6.07, 6.45) is 18.6. The third kappa shape index (κ3) is 11.8. The Labute approximate surface area is 426 Å². The smallest absolute Gasteiger partial charge is 0.175 e. The number of fused-ring (bicyclic) bond motifs is 3. The molecule has 1 aromatic carbocycles. The Hall–Kier alpha value is -2.24. The average Bonchev–Trinajstić information content (AvgIpc) is 4.18. The van der Waals surface area contributed by atoms with Crippen LogP contribution in [0, 0.1) is 17.7 Å². The van der Waals surface area contributed by atoms with Crippen molar-refractivity contribution in [1.82, 2.24) is 0 Å². The van der Waals surface area contributed by atoms with Gasteiger partial charge < -0.3 is 4.74 Å². The van der Waals surface area contributed by atoms with Crippen molar-refractivity contribution in [2.24, 2.45) is 11.8 Å². The third-order valence-electron chi connectivity index (χ3n) is 14.3. The zero-order chi connectivity index (χ0) is 48.0. The maximum atomic E-state index is 17.1. The Morgan fingerprint density at radius 3 is 1.76 bits per heavy atom. The first-order chi connectivity index (χ1) is 32.2. The fourth-order valence-electron chi connectivity index (χ4n) is 9.57. The molecule has 6 aromatic heterocycles. The predicted octanol–water partition coefficient (Wildman–Crippen LogP) is 21.3. The van der Waals surface area contributed by atoms with Crippen LogP contribution in [0.1, 0.15) is 195 Å². The molecule has 0 bridgehead atoms. The van der Waals surface area contributed by atoms with Gasteiger partial charge in [0.15, 0.2) is 11.6 Å². The van der Waals surface area contributed by atoms with Gasteiger partial charge in [0.05, 0.1) is 9.58 Å². The standard InChI is InChI=1S/C58H77FO2S6/c1-12-17-24-36(14-3)32-38-27-29-43(62-38)47-40-34-45(54-55-49(56(67-54)58(9,10)16-5)50(59)53(66-55)42(60)26-22-20-19-21-23-31-61-11)64-51(40)48(41-35-46(57(6,7)8)65-52(41)47)44-30-28-39(63-44)33-37(15-4)25-18-13-2/h27-30,34-37H,12-26,31-33H2,1-11H3. The monoisotopic (exact) mass is 1020 g/mol. The van der Waals surface area contributed by atoms with Gasteiger partial charge in [0.25, 0.3) is 0 Å². The van der Waals surface area contributed by atoms with Crippen molar-refractivity contribution in [3.63, 3.8) is 0 Å². The fraction of sp³-hybridized carbons (Fsp3) is 0.569. The summed E-state index contributed by atoms with van der Waals surface area (Å²) in [5, 5.41) is 3.35. The Balaban J connectivity index is 1.43. The van der Waals surface area contributed by atoms with Crippen LogP contribution >= 0.6 is 68.0 Å². The number of rotatable bonds is 26. The second-order valence-electron chi connectivity index (χ2n) is 20.9. The minimum absolute atomic E-state index is 0.00673. The number of carbonyl (C=O) groups is 1. The van der Waals surface area contributed by atoms with Gasteiger partial charge in [0.1, 0.15) is 4.88 Å². The molecule has 67 heavy (non-hydrogen) atoms. The molecule has 0 spiro atoms. The number of benzene rings is 1. The maximum absolute atomic E-state index is 17.1. The number of hydrogen-bond acceptors (Lipinski definition) is 8. The van der Waals surface area contributed by atoms with Crippen LogP contribution in [0.4, 0.5) is 4.39 Å². The van der Waals surface area contributed by atoms with Gasteiger partial charge in [-0.1, -0.05) is 140 Å². The molecule has 0 saturated carbocycles. The molecule has 0 amide bonds. The highest BCUT2D eigenvalue weighted by atomic mass is 32.1. The summed E-state index contributed by atoms with van der Waals surface area (Å²) >= 11 is 11.0. The van der Waals surface area contributed by atoms with Gasteiger partial charge in [0.2, 0.25) is 0 Å². The van der Waals surface area contributed by atoms with Crippen LogP contribution in [0.25, 0.3) is 60.9 Å². The Bertz CT molecular complexity index is 2610. The zero-order valence-electron chi connectivity index (χ0n) is 42.5. The molecule has 0 fully saturated rings. The first-order valence-electron chi connectivity index (χ1n) is 25.7. The van der Waals surface area contributed by atoms with E-state index in [0.717, 1.165) is 72.4 Å². The number of ether oxygens (including phenoxy) is 1. The number of carbonyl (C=O) groups excluding carboxylic acids is 1. The highest BCUT2D eigenvalue weighted by Crippen LogP contribution is 2.57. The molecule has 0 radical (unpaired) electrons. The Morgan fingerprint density at radius 2 is 1.21 bits per heavy atom. The van der Waals surface area contributed by atoms with Crippen LogP contribution in [0.2, 0.25) is 0 Å². The Kier molecular flexibility index (Phi) is 18.3. The Morgan fingerprint density at radius 1 is 0.642 bits per heavy atom. The molecule has 364 valence electrons. The topological polar surface area (TPSA) is 26.3 Å². The second kappa shape index (κ2) is 23.3. The molecule has 0 aliphatic rings.